The number of anilines is 1. The standard InChI is InChI=1S/C12H18BrN3O2S/c1-19(18)6-5-14-11-10(13)7-15-16(12(11)17)8-9-3-2-4-9/h7,9,14H,2-6,8H2,1H3. The van der Waals surface area contributed by atoms with Gasteiger partial charge in [-0.3, -0.25) is 9.00 Å². The maximum Gasteiger partial charge on any atom is 0.291 e. The van der Waals surface area contributed by atoms with Crippen LogP contribution in [0.5, 0.6) is 0 Å². The van der Waals surface area contributed by atoms with Gasteiger partial charge in [0, 0.05) is 35.9 Å². The molecule has 0 amide bonds. The summed E-state index contributed by atoms with van der Waals surface area (Å²) in [7, 11) is -0.861. The van der Waals surface area contributed by atoms with Gasteiger partial charge in [0.05, 0.1) is 10.7 Å². The molecule has 106 valence electrons. The lowest BCUT2D eigenvalue weighted by molar-refractivity contribution is 0.262. The maximum absolute atomic E-state index is 12.3. The monoisotopic (exact) mass is 347 g/mol. The second-order valence-electron chi connectivity index (χ2n) is 4.86. The molecule has 0 aromatic carbocycles. The van der Waals surface area contributed by atoms with Crippen LogP contribution in [0.25, 0.3) is 0 Å². The Hall–Kier alpha value is -0.690. The predicted molar refractivity (Wildman–Crippen MR) is 81.0 cm³/mol. The minimum Gasteiger partial charge on any atom is -0.379 e. The highest BCUT2D eigenvalue weighted by atomic mass is 79.9. The van der Waals surface area contributed by atoms with Gasteiger partial charge in [-0.05, 0) is 34.7 Å². The van der Waals surface area contributed by atoms with E-state index in [4.69, 9.17) is 0 Å². The minimum atomic E-state index is -0.861. The van der Waals surface area contributed by atoms with Crippen LogP contribution in [-0.4, -0.2) is 32.5 Å². The zero-order valence-corrected chi connectivity index (χ0v) is 13.3. The van der Waals surface area contributed by atoms with Crippen LogP contribution in [-0.2, 0) is 17.3 Å². The van der Waals surface area contributed by atoms with Crippen LogP contribution in [0.2, 0.25) is 0 Å². The number of hydrogen-bond donors (Lipinski definition) is 1. The second kappa shape index (κ2) is 6.65. The Labute approximate surface area is 123 Å². The molecule has 0 bridgehead atoms. The van der Waals surface area contributed by atoms with E-state index < -0.39 is 10.8 Å². The lowest BCUT2D eigenvalue weighted by Gasteiger charge is -2.25. The highest BCUT2D eigenvalue weighted by molar-refractivity contribution is 9.10. The summed E-state index contributed by atoms with van der Waals surface area (Å²) in [5.41, 5.74) is 0.405. The van der Waals surface area contributed by atoms with Crippen LogP contribution in [0.4, 0.5) is 5.69 Å². The molecule has 1 aromatic rings. The van der Waals surface area contributed by atoms with Crippen molar-refractivity contribution < 1.29 is 4.21 Å². The summed E-state index contributed by atoms with van der Waals surface area (Å²) >= 11 is 3.33. The Kier molecular flexibility index (Phi) is 5.15. The number of hydrogen-bond acceptors (Lipinski definition) is 4. The van der Waals surface area contributed by atoms with Crippen LogP contribution in [0.1, 0.15) is 19.3 Å². The third kappa shape index (κ3) is 3.89. The van der Waals surface area contributed by atoms with Gasteiger partial charge in [-0.25, -0.2) is 4.68 Å². The fourth-order valence-electron chi connectivity index (χ4n) is 2.00. The molecule has 19 heavy (non-hydrogen) atoms. The Bertz CT molecular complexity index is 528. The fourth-order valence-corrected chi connectivity index (χ4v) is 2.79. The van der Waals surface area contributed by atoms with Crippen molar-refractivity contribution in [3.8, 4) is 0 Å². The van der Waals surface area contributed by atoms with Crippen LogP contribution in [0.3, 0.4) is 0 Å². The van der Waals surface area contributed by atoms with E-state index in [1.54, 1.807) is 12.5 Å². The first kappa shape index (κ1) is 14.7. The van der Waals surface area contributed by atoms with Gasteiger partial charge in [-0.2, -0.15) is 5.10 Å². The van der Waals surface area contributed by atoms with Crippen molar-refractivity contribution in [2.24, 2.45) is 5.92 Å². The summed E-state index contributed by atoms with van der Waals surface area (Å²) in [6.45, 7) is 1.21. The van der Waals surface area contributed by atoms with Gasteiger partial charge in [0.25, 0.3) is 5.56 Å². The molecule has 1 aliphatic carbocycles. The van der Waals surface area contributed by atoms with Gasteiger partial charge < -0.3 is 5.32 Å². The van der Waals surface area contributed by atoms with E-state index in [0.717, 1.165) is 0 Å². The summed E-state index contributed by atoms with van der Waals surface area (Å²) in [5.74, 6) is 1.11. The summed E-state index contributed by atoms with van der Waals surface area (Å²) in [6, 6.07) is 0. The largest absolute Gasteiger partial charge is 0.379 e. The molecule has 7 heteroatoms. The van der Waals surface area contributed by atoms with Crippen molar-refractivity contribution in [1.29, 1.82) is 0 Å². The topological polar surface area (TPSA) is 64.0 Å². The Morgan fingerprint density at radius 3 is 2.89 bits per heavy atom. The molecule has 2 rings (SSSR count). The number of rotatable bonds is 6. The summed E-state index contributed by atoms with van der Waals surface area (Å²) in [4.78, 5) is 12.3. The third-order valence-corrected chi connectivity index (χ3v) is 4.73. The van der Waals surface area contributed by atoms with Gasteiger partial charge in [-0.15, -0.1) is 0 Å². The van der Waals surface area contributed by atoms with Gasteiger partial charge in [0.15, 0.2) is 0 Å². The van der Waals surface area contributed by atoms with Crippen LogP contribution >= 0.6 is 15.9 Å². The van der Waals surface area contributed by atoms with Gasteiger partial charge >= 0.3 is 0 Å². The van der Waals surface area contributed by atoms with E-state index in [1.807, 2.05) is 0 Å². The van der Waals surface area contributed by atoms with E-state index in [0.29, 0.717) is 34.9 Å². The van der Waals surface area contributed by atoms with E-state index in [1.165, 1.54) is 23.9 Å². The molecule has 1 heterocycles. The summed E-state index contributed by atoms with van der Waals surface area (Å²) < 4.78 is 13.2. The lowest BCUT2D eigenvalue weighted by atomic mass is 9.85. The molecule has 0 spiro atoms. The van der Waals surface area contributed by atoms with Crippen LogP contribution in [0, 0.1) is 5.92 Å². The van der Waals surface area contributed by atoms with Crippen molar-refractivity contribution in [1.82, 2.24) is 9.78 Å². The number of halogens is 1. The molecule has 0 radical (unpaired) electrons. The first-order valence-electron chi connectivity index (χ1n) is 6.37. The molecule has 0 saturated heterocycles. The van der Waals surface area contributed by atoms with Crippen LogP contribution in [0.15, 0.2) is 15.5 Å². The Balaban J connectivity index is 2.09. The van der Waals surface area contributed by atoms with Crippen molar-refractivity contribution >= 4 is 32.4 Å². The van der Waals surface area contributed by atoms with Gasteiger partial charge in [-0.1, -0.05) is 6.42 Å². The average Bonchev–Trinajstić information content (AvgIpc) is 2.30. The molecule has 1 saturated carbocycles. The van der Waals surface area contributed by atoms with Gasteiger partial charge in [0.1, 0.15) is 5.69 Å². The number of aromatic nitrogens is 2. The summed E-state index contributed by atoms with van der Waals surface area (Å²) in [5, 5.41) is 7.21. The molecule has 1 unspecified atom stereocenters. The molecule has 1 aromatic heterocycles. The molecular formula is C12H18BrN3O2S. The molecule has 1 N–H and O–H groups in total. The zero-order valence-electron chi connectivity index (χ0n) is 10.9. The molecule has 0 aliphatic heterocycles. The van der Waals surface area contributed by atoms with E-state index >= 15 is 0 Å². The molecule has 1 atom stereocenters. The van der Waals surface area contributed by atoms with Crippen molar-refractivity contribution in [2.75, 3.05) is 23.9 Å². The number of nitrogens with one attached hydrogen (secondary N) is 1. The quantitative estimate of drug-likeness (QED) is 0.848. The first-order valence-corrected chi connectivity index (χ1v) is 8.89. The molecule has 1 fully saturated rings. The van der Waals surface area contributed by atoms with E-state index in [-0.39, 0.29) is 5.56 Å². The van der Waals surface area contributed by atoms with Crippen molar-refractivity contribution in [3.05, 3.63) is 21.0 Å². The maximum atomic E-state index is 12.3. The Morgan fingerprint density at radius 1 is 1.58 bits per heavy atom. The predicted octanol–water partition coefficient (Wildman–Crippen LogP) is 1.60. The first-order chi connectivity index (χ1) is 9.08. The highest BCUT2D eigenvalue weighted by Crippen LogP contribution is 2.27. The number of nitrogens with zero attached hydrogens (tertiary/aromatic N) is 2. The smallest absolute Gasteiger partial charge is 0.291 e. The van der Waals surface area contributed by atoms with E-state index in [2.05, 4.69) is 26.3 Å². The third-order valence-electron chi connectivity index (χ3n) is 3.34. The zero-order chi connectivity index (χ0) is 13.8. The average molecular weight is 348 g/mol. The SMILES string of the molecule is CS(=O)CCNc1c(Br)cnn(CC2CCC2)c1=O. The lowest BCUT2D eigenvalue weighted by Crippen LogP contribution is -2.31. The normalized spacial score (nSPS) is 16.9. The van der Waals surface area contributed by atoms with Crippen molar-refractivity contribution in [3.63, 3.8) is 0 Å². The van der Waals surface area contributed by atoms with Gasteiger partial charge in [0.2, 0.25) is 0 Å². The summed E-state index contributed by atoms with van der Waals surface area (Å²) in [6.07, 6.45) is 6.91. The molecule has 1 aliphatic rings. The fraction of sp³-hybridized carbons (Fsp3) is 0.667. The minimum absolute atomic E-state index is 0.108. The molecular weight excluding hydrogens is 330 g/mol. The van der Waals surface area contributed by atoms with Crippen LogP contribution < -0.4 is 10.9 Å². The van der Waals surface area contributed by atoms with E-state index in [9.17, 15) is 9.00 Å². The highest BCUT2D eigenvalue weighted by Gasteiger charge is 2.20. The van der Waals surface area contributed by atoms with Crippen molar-refractivity contribution in [2.45, 2.75) is 25.8 Å². The Morgan fingerprint density at radius 2 is 2.32 bits per heavy atom. The molecule has 5 nitrogen and oxygen atoms in total. The second-order valence-corrected chi connectivity index (χ2v) is 7.26.